The average Bonchev–Trinajstić information content (AvgIpc) is 2.94. The Morgan fingerprint density at radius 3 is 2.41 bits per heavy atom. The van der Waals surface area contributed by atoms with Gasteiger partial charge in [-0.2, -0.15) is 13.2 Å². The van der Waals surface area contributed by atoms with Crippen LogP contribution < -0.4 is 10.5 Å². The van der Waals surface area contributed by atoms with Gasteiger partial charge in [-0.25, -0.2) is 13.8 Å². The molecule has 2 aromatic heterocycles. The number of piperidine rings is 1. The Morgan fingerprint density at radius 2 is 1.78 bits per heavy atom. The minimum Gasteiger partial charge on any atom is -0.493 e. The largest absolute Gasteiger partial charge is 0.493 e. The highest BCUT2D eigenvalue weighted by Gasteiger charge is 2.36. The zero-order valence-corrected chi connectivity index (χ0v) is 21.8. The number of hydrogen-bond donors (Lipinski definition) is 1. The first kappa shape index (κ1) is 29.6. The number of nitrogens with two attached hydrogens (primary N) is 1. The Kier molecular flexibility index (Phi) is 8.99. The number of allylic oxidation sites excluding steroid dienone is 1. The number of amides is 1. The number of carbonyl (C=O) groups is 2. The molecule has 3 heterocycles. The predicted octanol–water partition coefficient (Wildman–Crippen LogP) is 6.06. The lowest BCUT2D eigenvalue weighted by atomic mass is 10.0. The number of benzene rings is 1. The van der Waals surface area contributed by atoms with Crippen LogP contribution in [-0.4, -0.2) is 52.2 Å². The molecule has 0 spiro atoms. The van der Waals surface area contributed by atoms with Gasteiger partial charge in [0.1, 0.15) is 11.6 Å². The van der Waals surface area contributed by atoms with Crippen LogP contribution in [0.2, 0.25) is 0 Å². The Hall–Kier alpha value is -4.35. The molecule has 0 radical (unpaired) electrons. The monoisotopic (exact) mass is 574 g/mol. The van der Waals surface area contributed by atoms with Gasteiger partial charge in [-0.1, -0.05) is 0 Å². The molecule has 0 atom stereocenters. The second-order valence-electron chi connectivity index (χ2n) is 9.56. The van der Waals surface area contributed by atoms with Gasteiger partial charge in [0.15, 0.2) is 5.78 Å². The summed E-state index contributed by atoms with van der Waals surface area (Å²) in [6.07, 6.45) is 0.377. The van der Waals surface area contributed by atoms with Gasteiger partial charge in [-0.05, 0) is 66.6 Å². The Morgan fingerprint density at radius 1 is 1.02 bits per heavy atom. The van der Waals surface area contributed by atoms with Crippen LogP contribution in [0.1, 0.15) is 47.2 Å². The van der Waals surface area contributed by atoms with Crippen LogP contribution in [0.25, 0.3) is 17.3 Å². The molecule has 216 valence electrons. The summed E-state index contributed by atoms with van der Waals surface area (Å²) in [5.74, 6) is -3.51. The molecule has 0 saturated carbocycles. The molecular formula is C29H27F5N4O3. The van der Waals surface area contributed by atoms with E-state index >= 15 is 0 Å². The minimum atomic E-state index is -4.72. The van der Waals surface area contributed by atoms with E-state index in [9.17, 15) is 31.5 Å². The zero-order valence-electron chi connectivity index (χ0n) is 21.8. The summed E-state index contributed by atoms with van der Waals surface area (Å²) in [6, 6.07) is 9.60. The van der Waals surface area contributed by atoms with E-state index in [1.807, 2.05) is 0 Å². The quantitative estimate of drug-likeness (QED) is 0.190. The van der Waals surface area contributed by atoms with Crippen LogP contribution in [0.3, 0.4) is 0 Å². The van der Waals surface area contributed by atoms with Crippen molar-refractivity contribution in [2.24, 2.45) is 0 Å². The maximum atomic E-state index is 13.8. The maximum absolute atomic E-state index is 13.8. The second-order valence-corrected chi connectivity index (χ2v) is 9.56. The van der Waals surface area contributed by atoms with E-state index < -0.39 is 36.4 Å². The van der Waals surface area contributed by atoms with Crippen LogP contribution in [0, 0.1) is 0 Å². The number of aromatic nitrogens is 2. The van der Waals surface area contributed by atoms with Gasteiger partial charge in [-0.3, -0.25) is 14.6 Å². The normalized spacial score (nSPS) is 15.2. The molecular weight excluding hydrogens is 547 g/mol. The first-order chi connectivity index (χ1) is 19.4. The van der Waals surface area contributed by atoms with Gasteiger partial charge in [0, 0.05) is 50.3 Å². The van der Waals surface area contributed by atoms with Crippen molar-refractivity contribution in [3.05, 3.63) is 77.6 Å². The van der Waals surface area contributed by atoms with Gasteiger partial charge in [-0.15, -0.1) is 0 Å². The number of pyridine rings is 2. The number of hydrogen-bond acceptors (Lipinski definition) is 6. The fourth-order valence-corrected chi connectivity index (χ4v) is 4.16. The molecule has 4 rings (SSSR count). The Bertz CT molecular complexity index is 1400. The molecule has 1 aromatic carbocycles. The highest BCUT2D eigenvalue weighted by molar-refractivity contribution is 5.94. The number of halogens is 5. The Balaban J connectivity index is 1.36. The smallest absolute Gasteiger partial charge is 0.419 e. The lowest BCUT2D eigenvalue weighted by molar-refractivity contribution is -0.139. The first-order valence-corrected chi connectivity index (χ1v) is 12.8. The second kappa shape index (κ2) is 12.4. The van der Waals surface area contributed by atoms with Gasteiger partial charge in [0.05, 0.1) is 23.4 Å². The highest BCUT2D eigenvalue weighted by atomic mass is 19.4. The van der Waals surface area contributed by atoms with Crippen molar-refractivity contribution < 1.29 is 36.3 Å². The van der Waals surface area contributed by atoms with Crippen molar-refractivity contribution in [2.75, 3.05) is 25.4 Å². The molecule has 41 heavy (non-hydrogen) atoms. The van der Waals surface area contributed by atoms with Crippen molar-refractivity contribution >= 4 is 23.6 Å². The standard InChI is InChI=1S/C29H27F5N4O3/c30-28(31)11-13-38(14-12-28)27(40)21-5-8-24(36-18-21)20-6-9-25(23(16-20)29(32,33)34)41-15-1-2-22(39)7-3-19-4-10-26(35)37-17-19/h3-10,16-18H,1-2,11-15H2,(H2,35,37)/b7-3+. The highest BCUT2D eigenvalue weighted by Crippen LogP contribution is 2.38. The number of nitrogen functional groups attached to an aromatic ring is 1. The summed E-state index contributed by atoms with van der Waals surface area (Å²) in [5, 5.41) is 0. The molecule has 3 aromatic rings. The fourth-order valence-electron chi connectivity index (χ4n) is 4.16. The summed E-state index contributed by atoms with van der Waals surface area (Å²) in [4.78, 5) is 34.0. The van der Waals surface area contributed by atoms with Crippen molar-refractivity contribution in [1.82, 2.24) is 14.9 Å². The fraction of sp³-hybridized carbons (Fsp3) is 0.310. The van der Waals surface area contributed by atoms with E-state index in [0.717, 1.165) is 6.07 Å². The first-order valence-electron chi connectivity index (χ1n) is 12.8. The van der Waals surface area contributed by atoms with E-state index in [0.29, 0.717) is 11.4 Å². The third-order valence-electron chi connectivity index (χ3n) is 6.47. The van der Waals surface area contributed by atoms with Crippen LogP contribution in [-0.2, 0) is 11.0 Å². The molecule has 1 aliphatic rings. The van der Waals surface area contributed by atoms with E-state index in [1.54, 1.807) is 18.2 Å². The Labute approximate surface area is 232 Å². The van der Waals surface area contributed by atoms with Crippen LogP contribution in [0.4, 0.5) is 27.8 Å². The summed E-state index contributed by atoms with van der Waals surface area (Å²) in [5.41, 5.74) is 5.69. The van der Waals surface area contributed by atoms with E-state index in [-0.39, 0.29) is 60.9 Å². The number of nitrogens with zero attached hydrogens (tertiary/aromatic N) is 3. The molecule has 2 N–H and O–H groups in total. The molecule has 1 saturated heterocycles. The van der Waals surface area contributed by atoms with Gasteiger partial charge < -0.3 is 15.4 Å². The number of anilines is 1. The topological polar surface area (TPSA) is 98.4 Å². The van der Waals surface area contributed by atoms with Crippen LogP contribution >= 0.6 is 0 Å². The number of rotatable bonds is 9. The molecule has 0 bridgehead atoms. The number of likely N-dealkylation sites (tertiary alicyclic amines) is 1. The molecule has 7 nitrogen and oxygen atoms in total. The summed E-state index contributed by atoms with van der Waals surface area (Å²) in [6.45, 7) is -0.282. The van der Waals surface area contributed by atoms with Crippen molar-refractivity contribution in [2.45, 2.75) is 37.8 Å². The lowest BCUT2D eigenvalue weighted by Gasteiger charge is -2.31. The molecule has 1 aliphatic heterocycles. The average molecular weight is 575 g/mol. The third-order valence-corrected chi connectivity index (χ3v) is 6.47. The summed E-state index contributed by atoms with van der Waals surface area (Å²) >= 11 is 0. The van der Waals surface area contributed by atoms with Gasteiger partial charge >= 0.3 is 6.18 Å². The lowest BCUT2D eigenvalue weighted by Crippen LogP contribution is -2.42. The third kappa shape index (κ3) is 8.09. The van der Waals surface area contributed by atoms with E-state index in [1.165, 1.54) is 47.6 Å². The summed E-state index contributed by atoms with van der Waals surface area (Å²) < 4.78 is 73.6. The number of ether oxygens (including phenoxy) is 1. The number of alkyl halides is 5. The molecule has 0 unspecified atom stereocenters. The predicted molar refractivity (Wildman–Crippen MR) is 142 cm³/mol. The number of carbonyl (C=O) groups excluding carboxylic acids is 2. The zero-order chi connectivity index (χ0) is 29.6. The molecule has 1 amide bonds. The van der Waals surface area contributed by atoms with Crippen LogP contribution in [0.5, 0.6) is 5.75 Å². The SMILES string of the molecule is Nc1ccc(/C=C/C(=O)CCCOc2ccc(-c3ccc(C(=O)N4CCC(F)(F)CC4)cn3)cc2C(F)(F)F)cn1. The molecule has 0 aliphatic carbocycles. The van der Waals surface area contributed by atoms with Crippen molar-refractivity contribution in [3.63, 3.8) is 0 Å². The molecule has 1 fully saturated rings. The van der Waals surface area contributed by atoms with E-state index in [2.05, 4.69) is 9.97 Å². The van der Waals surface area contributed by atoms with Gasteiger partial charge in [0.2, 0.25) is 0 Å². The maximum Gasteiger partial charge on any atom is 0.419 e. The van der Waals surface area contributed by atoms with Crippen LogP contribution in [0.15, 0.2) is 60.9 Å². The summed E-state index contributed by atoms with van der Waals surface area (Å²) in [7, 11) is 0. The molecule has 12 heteroatoms. The van der Waals surface area contributed by atoms with Crippen molar-refractivity contribution in [1.29, 1.82) is 0 Å². The van der Waals surface area contributed by atoms with Gasteiger partial charge in [0.25, 0.3) is 11.8 Å². The van der Waals surface area contributed by atoms with E-state index in [4.69, 9.17) is 10.5 Å². The minimum absolute atomic E-state index is 0.0766. The number of ketones is 1. The van der Waals surface area contributed by atoms with Crippen molar-refractivity contribution in [3.8, 4) is 17.0 Å².